The van der Waals surface area contributed by atoms with Gasteiger partial charge in [0.25, 0.3) is 0 Å². The van der Waals surface area contributed by atoms with Crippen LogP contribution in [0.1, 0.15) is 25.5 Å². The number of aliphatic hydroxyl groups is 1. The Morgan fingerprint density at radius 3 is 2.11 bits per heavy atom. The molecular formula is C14H14F7NO4S. The maximum absolute atomic E-state index is 13.7. The van der Waals surface area contributed by atoms with Gasteiger partial charge >= 0.3 is 17.4 Å². The van der Waals surface area contributed by atoms with Crippen LogP contribution >= 0.6 is 0 Å². The van der Waals surface area contributed by atoms with Gasteiger partial charge in [0.15, 0.2) is 0 Å². The molecule has 1 aromatic carbocycles. The van der Waals surface area contributed by atoms with E-state index >= 15 is 0 Å². The molecule has 0 aliphatic carbocycles. The molecule has 5 nitrogen and oxygen atoms in total. The fourth-order valence-electron chi connectivity index (χ4n) is 2.48. The summed E-state index contributed by atoms with van der Waals surface area (Å²) >= 11 is 0. The Morgan fingerprint density at radius 2 is 1.63 bits per heavy atom. The highest BCUT2D eigenvalue weighted by atomic mass is 32.2. The molecule has 0 amide bonds. The Morgan fingerprint density at radius 1 is 1.11 bits per heavy atom. The van der Waals surface area contributed by atoms with Crippen LogP contribution < -0.4 is 10.5 Å². The molecule has 1 aliphatic heterocycles. The molecule has 0 aromatic heterocycles. The van der Waals surface area contributed by atoms with Crippen molar-refractivity contribution in [2.24, 2.45) is 5.73 Å². The number of hydrogen-bond acceptors (Lipinski definition) is 5. The lowest BCUT2D eigenvalue weighted by Crippen LogP contribution is -2.56. The van der Waals surface area contributed by atoms with Crippen molar-refractivity contribution in [3.05, 3.63) is 23.8 Å². The van der Waals surface area contributed by atoms with Gasteiger partial charge in [-0.15, -0.1) is 0 Å². The summed E-state index contributed by atoms with van der Waals surface area (Å²) in [5.41, 5.74) is 4.11. The largest absolute Gasteiger partial charge is 0.485 e. The molecule has 13 heteroatoms. The summed E-state index contributed by atoms with van der Waals surface area (Å²) in [5.74, 6) is -6.97. The van der Waals surface area contributed by atoms with Crippen molar-refractivity contribution in [2.75, 3.05) is 0 Å². The van der Waals surface area contributed by atoms with Gasteiger partial charge in [-0.3, -0.25) is 0 Å². The molecule has 0 bridgehead atoms. The van der Waals surface area contributed by atoms with Crippen LogP contribution in [0.2, 0.25) is 0 Å². The van der Waals surface area contributed by atoms with E-state index in [1.165, 1.54) is 13.8 Å². The Balaban J connectivity index is 2.60. The normalized spacial score (nSPS) is 23.5. The fourth-order valence-corrected chi connectivity index (χ4v) is 3.75. The van der Waals surface area contributed by atoms with Gasteiger partial charge in [-0.2, -0.15) is 30.7 Å². The third kappa shape index (κ3) is 3.05. The monoisotopic (exact) mass is 425 g/mol. The first kappa shape index (κ1) is 21.7. The van der Waals surface area contributed by atoms with Crippen molar-refractivity contribution < 1.29 is 49.0 Å². The summed E-state index contributed by atoms with van der Waals surface area (Å²) in [4.78, 5) is -1.53. The average Bonchev–Trinajstić information content (AvgIpc) is 2.50. The number of ether oxygens (including phenoxy) is 1. The second-order valence-corrected chi connectivity index (χ2v) is 8.46. The predicted octanol–water partition coefficient (Wildman–Crippen LogP) is 2.78. The Hall–Kier alpha value is -1.60. The van der Waals surface area contributed by atoms with Gasteiger partial charge in [-0.1, -0.05) is 0 Å². The first-order valence-electron chi connectivity index (χ1n) is 7.21. The standard InChI is InChI=1S/C14H14F7NO4S/c1-11(2)10(23)9(22)7-5-6(3-4-8(7)26-11)27(24,25)14(20,21)12(15,16)13(17,18)19/h3-5,9-10,23H,22H2,1-2H3/t9-,10+/m1/s1. The van der Waals surface area contributed by atoms with Crippen LogP contribution in [-0.4, -0.2) is 42.6 Å². The van der Waals surface area contributed by atoms with Crippen molar-refractivity contribution in [1.82, 2.24) is 0 Å². The topological polar surface area (TPSA) is 89.6 Å². The zero-order valence-corrected chi connectivity index (χ0v) is 14.5. The maximum Gasteiger partial charge on any atom is 0.461 e. The molecule has 0 spiro atoms. The summed E-state index contributed by atoms with van der Waals surface area (Å²) in [6.07, 6.45) is -8.25. The molecule has 154 valence electrons. The zero-order chi connectivity index (χ0) is 21.2. The highest BCUT2D eigenvalue weighted by Gasteiger charge is 2.78. The molecule has 0 unspecified atom stereocenters. The van der Waals surface area contributed by atoms with Crippen LogP contribution in [0.25, 0.3) is 0 Å². The molecule has 1 aliphatic rings. The number of hydrogen-bond donors (Lipinski definition) is 2. The Bertz CT molecular complexity index is 852. The second kappa shape index (κ2) is 5.95. The van der Waals surface area contributed by atoms with E-state index in [1.54, 1.807) is 0 Å². The minimum absolute atomic E-state index is 0.136. The van der Waals surface area contributed by atoms with Crippen LogP contribution in [0.5, 0.6) is 5.75 Å². The Labute approximate surface area is 148 Å². The summed E-state index contributed by atoms with van der Waals surface area (Å²) < 4.78 is 120. The number of fused-ring (bicyclic) bond motifs is 1. The van der Waals surface area contributed by atoms with Crippen molar-refractivity contribution in [3.63, 3.8) is 0 Å². The molecule has 1 aromatic rings. The molecule has 0 fully saturated rings. The van der Waals surface area contributed by atoms with Crippen LogP contribution in [0.15, 0.2) is 23.1 Å². The molecule has 0 saturated carbocycles. The zero-order valence-electron chi connectivity index (χ0n) is 13.7. The summed E-state index contributed by atoms with van der Waals surface area (Å²) in [6.45, 7) is 2.84. The highest BCUT2D eigenvalue weighted by Crippen LogP contribution is 2.51. The lowest BCUT2D eigenvalue weighted by molar-refractivity contribution is -0.332. The highest BCUT2D eigenvalue weighted by molar-refractivity contribution is 7.92. The molecular weight excluding hydrogens is 411 g/mol. The lowest BCUT2D eigenvalue weighted by Gasteiger charge is -2.40. The van der Waals surface area contributed by atoms with Crippen molar-refractivity contribution in [1.29, 1.82) is 0 Å². The van der Waals surface area contributed by atoms with E-state index in [0.717, 1.165) is 6.07 Å². The number of alkyl halides is 7. The molecule has 0 saturated heterocycles. The molecule has 2 rings (SSSR count). The van der Waals surface area contributed by atoms with E-state index in [1.807, 2.05) is 0 Å². The van der Waals surface area contributed by atoms with Gasteiger partial charge in [0.2, 0.25) is 9.84 Å². The van der Waals surface area contributed by atoms with Gasteiger partial charge in [-0.25, -0.2) is 8.42 Å². The van der Waals surface area contributed by atoms with Gasteiger partial charge in [0.05, 0.1) is 10.9 Å². The smallest absolute Gasteiger partial charge is 0.461 e. The number of rotatable bonds is 3. The molecule has 27 heavy (non-hydrogen) atoms. The van der Waals surface area contributed by atoms with Gasteiger partial charge in [-0.05, 0) is 32.0 Å². The third-order valence-electron chi connectivity index (χ3n) is 4.14. The average molecular weight is 425 g/mol. The van der Waals surface area contributed by atoms with Crippen LogP contribution in [0.4, 0.5) is 30.7 Å². The summed E-state index contributed by atoms with van der Waals surface area (Å²) in [7, 11) is -6.48. The van der Waals surface area contributed by atoms with Crippen LogP contribution in [0.3, 0.4) is 0 Å². The third-order valence-corrected chi connectivity index (χ3v) is 5.94. The van der Waals surface area contributed by atoms with E-state index in [2.05, 4.69) is 0 Å². The number of benzene rings is 1. The van der Waals surface area contributed by atoms with Crippen LogP contribution in [-0.2, 0) is 9.84 Å². The molecule has 2 atom stereocenters. The van der Waals surface area contributed by atoms with E-state index in [4.69, 9.17) is 10.5 Å². The van der Waals surface area contributed by atoms with Gasteiger partial charge in [0.1, 0.15) is 17.5 Å². The van der Waals surface area contributed by atoms with Gasteiger partial charge in [0, 0.05) is 5.56 Å². The van der Waals surface area contributed by atoms with E-state index in [9.17, 15) is 44.3 Å². The van der Waals surface area contributed by atoms with E-state index in [-0.39, 0.29) is 11.3 Å². The van der Waals surface area contributed by atoms with E-state index in [0.29, 0.717) is 12.1 Å². The maximum atomic E-state index is 13.7. The Kier molecular flexibility index (Phi) is 4.78. The first-order chi connectivity index (χ1) is 11.9. The first-order valence-corrected chi connectivity index (χ1v) is 8.70. The minimum Gasteiger partial charge on any atom is -0.485 e. The van der Waals surface area contributed by atoms with Crippen molar-refractivity contribution >= 4 is 9.84 Å². The number of halogens is 7. The number of aliphatic hydroxyl groups excluding tert-OH is 1. The van der Waals surface area contributed by atoms with Crippen molar-refractivity contribution in [2.45, 2.75) is 53.8 Å². The molecule has 0 radical (unpaired) electrons. The quantitative estimate of drug-likeness (QED) is 0.727. The predicted molar refractivity (Wildman–Crippen MR) is 77.2 cm³/mol. The lowest BCUT2D eigenvalue weighted by atomic mass is 9.87. The molecule has 1 heterocycles. The number of nitrogens with two attached hydrogens (primary N) is 1. The van der Waals surface area contributed by atoms with E-state index < -0.39 is 49.8 Å². The summed E-state index contributed by atoms with van der Waals surface area (Å²) in [5, 5.41) is 3.54. The minimum atomic E-state index is -6.84. The second-order valence-electron chi connectivity index (χ2n) is 6.47. The fraction of sp³-hybridized carbons (Fsp3) is 0.571. The SMILES string of the molecule is CC1(C)Oc2ccc(S(=O)(=O)C(F)(F)C(F)(F)C(F)(F)F)cc2[C@@H](N)[C@@H]1O. The van der Waals surface area contributed by atoms with Gasteiger partial charge < -0.3 is 15.6 Å². The summed E-state index contributed by atoms with van der Waals surface area (Å²) in [6, 6.07) is 0.205. The molecule has 3 N–H and O–H groups in total. The van der Waals surface area contributed by atoms with Crippen LogP contribution in [0, 0.1) is 0 Å². The van der Waals surface area contributed by atoms with Crippen molar-refractivity contribution in [3.8, 4) is 5.75 Å². The number of sulfone groups is 1.